The molecule has 170 valence electrons. The number of hydrogen-bond donors (Lipinski definition) is 2. The highest BCUT2D eigenvalue weighted by Gasteiger charge is 2.48. The third kappa shape index (κ3) is 6.40. The van der Waals surface area contributed by atoms with Gasteiger partial charge in [-0.2, -0.15) is 0 Å². The Morgan fingerprint density at radius 3 is 2.26 bits per heavy atom. The van der Waals surface area contributed by atoms with Crippen molar-refractivity contribution < 1.29 is 23.9 Å². The van der Waals surface area contributed by atoms with Crippen LogP contribution in [-0.4, -0.2) is 35.7 Å². The van der Waals surface area contributed by atoms with Gasteiger partial charge in [0.15, 0.2) is 6.10 Å². The minimum absolute atomic E-state index is 0.209. The molecule has 0 radical (unpaired) electrons. The number of benzene rings is 1. The van der Waals surface area contributed by atoms with Crippen LogP contribution in [0, 0.1) is 11.3 Å². The quantitative estimate of drug-likeness (QED) is 0.488. The van der Waals surface area contributed by atoms with Gasteiger partial charge in [0.25, 0.3) is 0 Å². The Bertz CT molecular complexity index is 813. The standard InChI is InChI=1S/C24H34N2O5/c1-8-12-17(18-22(29)31-24(6,7)30-18)20(27)26-19(23(3,4)5)21(28)25-15(2)16-13-10-9-11-14-16/h8-11,13-15,17-19H,1,12H2,2-7H3,(H,25,28)(H,26,27)/t15-,17-,18?,19-/m1/s1. The van der Waals surface area contributed by atoms with E-state index in [0.717, 1.165) is 5.56 Å². The van der Waals surface area contributed by atoms with Crippen LogP contribution >= 0.6 is 0 Å². The number of cyclic esters (lactones) is 1. The van der Waals surface area contributed by atoms with Crippen LogP contribution in [0.25, 0.3) is 0 Å². The fourth-order valence-corrected chi connectivity index (χ4v) is 3.52. The molecule has 0 bridgehead atoms. The highest BCUT2D eigenvalue weighted by atomic mass is 16.8. The summed E-state index contributed by atoms with van der Waals surface area (Å²) in [6.07, 6.45) is 0.705. The van der Waals surface area contributed by atoms with E-state index in [1.54, 1.807) is 19.9 Å². The molecule has 1 aromatic carbocycles. The first-order chi connectivity index (χ1) is 14.4. The maximum atomic E-state index is 13.2. The molecule has 1 unspecified atom stereocenters. The molecule has 1 aliphatic heterocycles. The molecule has 0 aliphatic carbocycles. The van der Waals surface area contributed by atoms with E-state index in [1.165, 1.54) is 0 Å². The lowest BCUT2D eigenvalue weighted by molar-refractivity contribution is -0.162. The number of ether oxygens (including phenoxy) is 2. The monoisotopic (exact) mass is 430 g/mol. The number of hydrogen-bond acceptors (Lipinski definition) is 5. The van der Waals surface area contributed by atoms with Gasteiger partial charge in [-0.1, -0.05) is 57.2 Å². The average Bonchev–Trinajstić information content (AvgIpc) is 2.95. The molecule has 0 aromatic heterocycles. The summed E-state index contributed by atoms with van der Waals surface area (Å²) in [6, 6.07) is 8.54. The summed E-state index contributed by atoms with van der Waals surface area (Å²) < 4.78 is 10.9. The van der Waals surface area contributed by atoms with Gasteiger partial charge in [0, 0.05) is 13.8 Å². The van der Waals surface area contributed by atoms with Crippen LogP contribution in [0.5, 0.6) is 0 Å². The molecule has 2 rings (SSSR count). The Kier molecular flexibility index (Phi) is 7.65. The molecule has 1 aromatic rings. The molecule has 0 spiro atoms. The van der Waals surface area contributed by atoms with Crippen LogP contribution in [0.4, 0.5) is 0 Å². The number of carbonyl (C=O) groups excluding carboxylic acids is 3. The van der Waals surface area contributed by atoms with Crippen molar-refractivity contribution in [1.82, 2.24) is 10.6 Å². The number of amides is 2. The van der Waals surface area contributed by atoms with E-state index >= 15 is 0 Å². The normalized spacial score (nSPS) is 20.8. The molecule has 1 fully saturated rings. The van der Waals surface area contributed by atoms with Crippen molar-refractivity contribution in [2.75, 3.05) is 0 Å². The second kappa shape index (κ2) is 9.64. The molecule has 7 heteroatoms. The summed E-state index contributed by atoms with van der Waals surface area (Å²) in [5, 5.41) is 5.81. The first kappa shape index (κ1) is 24.6. The second-order valence-electron chi connectivity index (χ2n) is 9.44. The van der Waals surface area contributed by atoms with Gasteiger partial charge in [-0.3, -0.25) is 9.59 Å². The molecule has 0 saturated carbocycles. The van der Waals surface area contributed by atoms with Gasteiger partial charge >= 0.3 is 5.97 Å². The van der Waals surface area contributed by atoms with Gasteiger partial charge in [0.1, 0.15) is 6.04 Å². The van der Waals surface area contributed by atoms with E-state index < -0.39 is 41.1 Å². The van der Waals surface area contributed by atoms with Gasteiger partial charge in [-0.25, -0.2) is 4.79 Å². The largest absolute Gasteiger partial charge is 0.432 e. The lowest BCUT2D eigenvalue weighted by atomic mass is 9.85. The van der Waals surface area contributed by atoms with Crippen molar-refractivity contribution in [2.24, 2.45) is 11.3 Å². The molecule has 1 saturated heterocycles. The van der Waals surface area contributed by atoms with Gasteiger partial charge in [-0.15, -0.1) is 6.58 Å². The SMILES string of the molecule is C=CC[C@@H](C(=O)N[C@H](C(=O)N[C@H](C)c1ccccc1)C(C)(C)C)C1OC(C)(C)OC1=O. The van der Waals surface area contributed by atoms with Gasteiger partial charge in [-0.05, 0) is 24.3 Å². The summed E-state index contributed by atoms with van der Waals surface area (Å²) >= 11 is 0. The lowest BCUT2D eigenvalue weighted by Crippen LogP contribution is -2.56. The van der Waals surface area contributed by atoms with Crippen LogP contribution in [0.15, 0.2) is 43.0 Å². The number of allylic oxidation sites excluding steroid dienone is 1. The van der Waals surface area contributed by atoms with E-state index in [9.17, 15) is 14.4 Å². The zero-order valence-electron chi connectivity index (χ0n) is 19.2. The third-order valence-electron chi connectivity index (χ3n) is 5.19. The zero-order valence-corrected chi connectivity index (χ0v) is 19.2. The fourth-order valence-electron chi connectivity index (χ4n) is 3.52. The molecule has 1 aliphatic rings. The van der Waals surface area contributed by atoms with E-state index in [4.69, 9.17) is 9.47 Å². The van der Waals surface area contributed by atoms with Crippen LogP contribution < -0.4 is 10.6 Å². The number of nitrogens with one attached hydrogen (secondary N) is 2. The summed E-state index contributed by atoms with van der Waals surface area (Å²) in [7, 11) is 0. The van der Waals surface area contributed by atoms with Crippen LogP contribution in [0.3, 0.4) is 0 Å². The third-order valence-corrected chi connectivity index (χ3v) is 5.19. The summed E-state index contributed by atoms with van der Waals surface area (Å²) in [6.45, 7) is 14.4. The maximum absolute atomic E-state index is 13.2. The maximum Gasteiger partial charge on any atom is 0.338 e. The van der Waals surface area contributed by atoms with Gasteiger partial charge in [0.05, 0.1) is 12.0 Å². The van der Waals surface area contributed by atoms with Crippen molar-refractivity contribution in [3.8, 4) is 0 Å². The minimum atomic E-state index is -1.10. The first-order valence-electron chi connectivity index (χ1n) is 10.5. The zero-order chi connectivity index (χ0) is 23.4. The predicted octanol–water partition coefficient (Wildman–Crippen LogP) is 3.27. The van der Waals surface area contributed by atoms with E-state index in [-0.39, 0.29) is 18.4 Å². The van der Waals surface area contributed by atoms with Crippen LogP contribution in [0.1, 0.15) is 59.6 Å². The molecule has 2 N–H and O–H groups in total. The lowest BCUT2D eigenvalue weighted by Gasteiger charge is -2.33. The molecular weight excluding hydrogens is 396 g/mol. The van der Waals surface area contributed by atoms with Crippen molar-refractivity contribution in [3.05, 3.63) is 48.6 Å². The fraction of sp³-hybridized carbons (Fsp3) is 0.542. The van der Waals surface area contributed by atoms with Crippen molar-refractivity contribution in [3.63, 3.8) is 0 Å². The Morgan fingerprint density at radius 2 is 1.77 bits per heavy atom. The molecule has 1 heterocycles. The number of rotatable bonds is 8. The number of esters is 1. The van der Waals surface area contributed by atoms with Crippen molar-refractivity contribution >= 4 is 17.8 Å². The molecular formula is C24H34N2O5. The Labute approximate surface area is 184 Å². The van der Waals surface area contributed by atoms with Crippen LogP contribution in [0.2, 0.25) is 0 Å². The van der Waals surface area contributed by atoms with E-state index in [1.807, 2.05) is 58.0 Å². The molecule has 4 atom stereocenters. The van der Waals surface area contributed by atoms with Gasteiger partial charge < -0.3 is 20.1 Å². The Balaban J connectivity index is 2.18. The smallest absolute Gasteiger partial charge is 0.338 e. The Morgan fingerprint density at radius 1 is 1.16 bits per heavy atom. The Hall–Kier alpha value is -2.67. The second-order valence-corrected chi connectivity index (χ2v) is 9.44. The van der Waals surface area contributed by atoms with Crippen molar-refractivity contribution in [2.45, 2.75) is 71.9 Å². The summed E-state index contributed by atoms with van der Waals surface area (Å²) in [4.78, 5) is 38.6. The highest BCUT2D eigenvalue weighted by Crippen LogP contribution is 2.30. The highest BCUT2D eigenvalue weighted by molar-refractivity contribution is 5.92. The summed E-state index contributed by atoms with van der Waals surface area (Å²) in [5.74, 6) is -3.31. The summed E-state index contributed by atoms with van der Waals surface area (Å²) in [5.41, 5.74) is 0.397. The first-order valence-corrected chi connectivity index (χ1v) is 10.5. The van der Waals surface area contributed by atoms with Crippen molar-refractivity contribution in [1.29, 1.82) is 0 Å². The number of carbonyl (C=O) groups is 3. The average molecular weight is 431 g/mol. The molecule has 31 heavy (non-hydrogen) atoms. The van der Waals surface area contributed by atoms with E-state index in [2.05, 4.69) is 17.2 Å². The minimum Gasteiger partial charge on any atom is -0.432 e. The topological polar surface area (TPSA) is 93.7 Å². The molecule has 7 nitrogen and oxygen atoms in total. The van der Waals surface area contributed by atoms with Gasteiger partial charge in [0.2, 0.25) is 17.6 Å². The van der Waals surface area contributed by atoms with E-state index in [0.29, 0.717) is 0 Å². The molecule has 2 amide bonds. The predicted molar refractivity (Wildman–Crippen MR) is 118 cm³/mol. The van der Waals surface area contributed by atoms with Crippen LogP contribution in [-0.2, 0) is 23.9 Å².